The van der Waals surface area contributed by atoms with Crippen molar-refractivity contribution in [2.75, 3.05) is 5.32 Å². The first-order valence-electron chi connectivity index (χ1n) is 7.33. The van der Waals surface area contributed by atoms with Crippen LogP contribution in [0, 0.1) is 5.82 Å². The zero-order valence-electron chi connectivity index (χ0n) is 12.7. The number of amides is 1. The molecular formula is C17H15FN4O2. The number of nitrogens with zero attached hydrogens (tertiary/aromatic N) is 2. The molecule has 0 saturated carbocycles. The molecule has 122 valence electrons. The molecule has 0 saturated heterocycles. The van der Waals surface area contributed by atoms with Gasteiger partial charge in [-0.25, -0.2) is 4.39 Å². The number of benzene rings is 1. The Labute approximate surface area is 137 Å². The van der Waals surface area contributed by atoms with Crippen LogP contribution in [0.3, 0.4) is 0 Å². The Bertz CT molecular complexity index is 786. The average Bonchev–Trinajstić information content (AvgIpc) is 3.13. The zero-order valence-corrected chi connectivity index (χ0v) is 12.7. The lowest BCUT2D eigenvalue weighted by molar-refractivity contribution is 0.0945. The minimum Gasteiger partial charge on any atom is -0.467 e. The van der Waals surface area contributed by atoms with Crippen molar-refractivity contribution in [3.05, 3.63) is 77.6 Å². The fourth-order valence-corrected chi connectivity index (χ4v) is 2.01. The van der Waals surface area contributed by atoms with Gasteiger partial charge in [-0.1, -0.05) is 12.1 Å². The van der Waals surface area contributed by atoms with Gasteiger partial charge in [0.25, 0.3) is 5.91 Å². The van der Waals surface area contributed by atoms with Crippen molar-refractivity contribution >= 4 is 11.7 Å². The van der Waals surface area contributed by atoms with Gasteiger partial charge in [0.2, 0.25) is 0 Å². The summed E-state index contributed by atoms with van der Waals surface area (Å²) in [5, 5.41) is 13.6. The summed E-state index contributed by atoms with van der Waals surface area (Å²) in [6.07, 6.45) is 1.59. The highest BCUT2D eigenvalue weighted by Gasteiger charge is 2.08. The Kier molecular flexibility index (Phi) is 4.81. The fourth-order valence-electron chi connectivity index (χ4n) is 2.01. The van der Waals surface area contributed by atoms with Crippen LogP contribution in [0.15, 0.2) is 59.2 Å². The molecule has 0 bridgehead atoms. The summed E-state index contributed by atoms with van der Waals surface area (Å²) in [6, 6.07) is 12.8. The second kappa shape index (κ2) is 7.36. The van der Waals surface area contributed by atoms with Gasteiger partial charge in [-0.3, -0.25) is 4.79 Å². The number of nitrogens with one attached hydrogen (secondary N) is 2. The van der Waals surface area contributed by atoms with E-state index < -0.39 is 0 Å². The van der Waals surface area contributed by atoms with Crippen molar-refractivity contribution in [1.82, 2.24) is 15.5 Å². The molecule has 1 amide bonds. The third-order valence-electron chi connectivity index (χ3n) is 3.29. The smallest absolute Gasteiger partial charge is 0.272 e. The molecule has 0 aliphatic rings. The van der Waals surface area contributed by atoms with E-state index in [1.165, 1.54) is 12.1 Å². The average molecular weight is 326 g/mol. The van der Waals surface area contributed by atoms with Crippen LogP contribution in [0.1, 0.15) is 21.8 Å². The summed E-state index contributed by atoms with van der Waals surface area (Å²) in [7, 11) is 0. The number of rotatable bonds is 6. The van der Waals surface area contributed by atoms with Crippen molar-refractivity contribution in [2.45, 2.75) is 13.1 Å². The molecule has 2 heterocycles. The molecular weight excluding hydrogens is 311 g/mol. The van der Waals surface area contributed by atoms with Crippen molar-refractivity contribution in [1.29, 1.82) is 0 Å². The van der Waals surface area contributed by atoms with E-state index in [9.17, 15) is 9.18 Å². The third kappa shape index (κ3) is 4.16. The first-order chi connectivity index (χ1) is 11.7. The maximum Gasteiger partial charge on any atom is 0.272 e. The third-order valence-corrected chi connectivity index (χ3v) is 3.29. The SMILES string of the molecule is O=C(NCc1ccc(F)cc1)c1ccc(NCc2ccco2)nn1. The molecule has 0 unspecified atom stereocenters. The number of hydrogen-bond acceptors (Lipinski definition) is 5. The summed E-state index contributed by atoms with van der Waals surface area (Å²) in [4.78, 5) is 12.0. The Morgan fingerprint density at radius 2 is 1.88 bits per heavy atom. The Hall–Kier alpha value is -3.22. The highest BCUT2D eigenvalue weighted by Crippen LogP contribution is 2.07. The van der Waals surface area contributed by atoms with E-state index in [-0.39, 0.29) is 17.4 Å². The molecule has 24 heavy (non-hydrogen) atoms. The van der Waals surface area contributed by atoms with Crippen molar-refractivity contribution < 1.29 is 13.6 Å². The fraction of sp³-hybridized carbons (Fsp3) is 0.118. The van der Waals surface area contributed by atoms with E-state index in [1.807, 2.05) is 6.07 Å². The molecule has 6 nitrogen and oxygen atoms in total. The van der Waals surface area contributed by atoms with Crippen molar-refractivity contribution in [2.24, 2.45) is 0 Å². The quantitative estimate of drug-likeness (QED) is 0.728. The van der Waals surface area contributed by atoms with E-state index >= 15 is 0 Å². The summed E-state index contributed by atoms with van der Waals surface area (Å²) < 4.78 is 18.0. The minimum atomic E-state index is -0.343. The largest absolute Gasteiger partial charge is 0.467 e. The molecule has 3 rings (SSSR count). The molecule has 0 aliphatic carbocycles. The van der Waals surface area contributed by atoms with E-state index in [2.05, 4.69) is 20.8 Å². The topological polar surface area (TPSA) is 80.0 Å². The zero-order chi connectivity index (χ0) is 16.8. The molecule has 0 atom stereocenters. The predicted molar refractivity (Wildman–Crippen MR) is 85.6 cm³/mol. The Morgan fingerprint density at radius 1 is 1.04 bits per heavy atom. The lowest BCUT2D eigenvalue weighted by Crippen LogP contribution is -2.24. The molecule has 1 aromatic carbocycles. The summed E-state index contributed by atoms with van der Waals surface area (Å²) in [5.74, 6) is 0.664. The van der Waals surface area contributed by atoms with Gasteiger partial charge in [-0.2, -0.15) is 0 Å². The summed E-state index contributed by atoms with van der Waals surface area (Å²) >= 11 is 0. The highest BCUT2D eigenvalue weighted by molar-refractivity contribution is 5.92. The lowest BCUT2D eigenvalue weighted by Gasteiger charge is -2.06. The van der Waals surface area contributed by atoms with Gasteiger partial charge in [-0.05, 0) is 42.0 Å². The van der Waals surface area contributed by atoms with E-state index in [0.29, 0.717) is 18.9 Å². The van der Waals surface area contributed by atoms with Gasteiger partial charge < -0.3 is 15.1 Å². The van der Waals surface area contributed by atoms with Gasteiger partial charge in [0.15, 0.2) is 5.69 Å². The first kappa shape index (κ1) is 15.7. The monoisotopic (exact) mass is 326 g/mol. The molecule has 3 aromatic rings. The van der Waals surface area contributed by atoms with Crippen molar-refractivity contribution in [3.8, 4) is 0 Å². The van der Waals surface area contributed by atoms with Crippen LogP contribution in [0.25, 0.3) is 0 Å². The standard InChI is InChI=1S/C17H15FN4O2/c18-13-5-3-12(4-6-13)10-20-17(23)15-7-8-16(22-21-15)19-11-14-2-1-9-24-14/h1-9H,10-11H2,(H,19,22)(H,20,23). The normalized spacial score (nSPS) is 10.4. The Morgan fingerprint density at radius 3 is 2.54 bits per heavy atom. The molecule has 0 radical (unpaired) electrons. The summed E-state index contributed by atoms with van der Waals surface area (Å²) in [5.41, 5.74) is 1.01. The van der Waals surface area contributed by atoms with Gasteiger partial charge in [0, 0.05) is 6.54 Å². The van der Waals surface area contributed by atoms with Gasteiger partial charge in [0.1, 0.15) is 17.4 Å². The second-order valence-corrected chi connectivity index (χ2v) is 5.05. The van der Waals surface area contributed by atoms with Crippen LogP contribution in [0.4, 0.5) is 10.2 Å². The number of hydrogen-bond donors (Lipinski definition) is 2. The molecule has 2 N–H and O–H groups in total. The van der Waals surface area contributed by atoms with Crippen LogP contribution in [-0.4, -0.2) is 16.1 Å². The van der Waals surface area contributed by atoms with E-state index in [4.69, 9.17) is 4.42 Å². The molecule has 2 aromatic heterocycles. The number of carbonyl (C=O) groups is 1. The molecule has 0 aliphatic heterocycles. The Balaban J connectivity index is 1.52. The summed E-state index contributed by atoms with van der Waals surface area (Å²) in [6.45, 7) is 0.775. The van der Waals surface area contributed by atoms with Crippen LogP contribution in [0.2, 0.25) is 0 Å². The van der Waals surface area contributed by atoms with Crippen molar-refractivity contribution in [3.63, 3.8) is 0 Å². The number of carbonyl (C=O) groups excluding carboxylic acids is 1. The van der Waals surface area contributed by atoms with Crippen LogP contribution in [0.5, 0.6) is 0 Å². The second-order valence-electron chi connectivity index (χ2n) is 5.05. The maximum atomic E-state index is 12.8. The number of aromatic nitrogens is 2. The maximum absolute atomic E-state index is 12.8. The number of furan rings is 1. The number of anilines is 1. The molecule has 0 fully saturated rings. The van der Waals surface area contributed by atoms with Crippen LogP contribution >= 0.6 is 0 Å². The van der Waals surface area contributed by atoms with Crippen LogP contribution in [-0.2, 0) is 13.1 Å². The van der Waals surface area contributed by atoms with Gasteiger partial charge >= 0.3 is 0 Å². The van der Waals surface area contributed by atoms with Gasteiger partial charge in [0.05, 0.1) is 12.8 Å². The van der Waals surface area contributed by atoms with Crippen LogP contribution < -0.4 is 10.6 Å². The predicted octanol–water partition coefficient (Wildman–Crippen LogP) is 2.75. The van der Waals surface area contributed by atoms with Gasteiger partial charge in [-0.15, -0.1) is 10.2 Å². The van der Waals surface area contributed by atoms with E-state index in [0.717, 1.165) is 11.3 Å². The molecule has 7 heteroatoms. The van der Waals surface area contributed by atoms with E-state index in [1.54, 1.807) is 36.6 Å². The first-order valence-corrected chi connectivity index (χ1v) is 7.33. The molecule has 0 spiro atoms. The number of halogens is 1. The highest BCUT2D eigenvalue weighted by atomic mass is 19.1. The lowest BCUT2D eigenvalue weighted by atomic mass is 10.2. The minimum absolute atomic E-state index is 0.209.